The minimum absolute atomic E-state index is 0.148. The molecule has 0 spiro atoms. The summed E-state index contributed by atoms with van der Waals surface area (Å²) in [6.45, 7) is 2.21. The number of rotatable bonds is 3. The fourth-order valence-corrected chi connectivity index (χ4v) is 5.17. The predicted molar refractivity (Wildman–Crippen MR) is 112 cm³/mol. The molecule has 1 atom stereocenters. The zero-order valence-electron chi connectivity index (χ0n) is 15.0. The van der Waals surface area contributed by atoms with E-state index < -0.39 is 5.91 Å². The summed E-state index contributed by atoms with van der Waals surface area (Å²) in [5.41, 5.74) is 2.27. The Morgan fingerprint density at radius 1 is 1.32 bits per heavy atom. The summed E-state index contributed by atoms with van der Waals surface area (Å²) < 4.78 is 5.70. The van der Waals surface area contributed by atoms with Crippen LogP contribution in [0.4, 0.5) is 5.00 Å². The molecule has 0 unspecified atom stereocenters. The minimum atomic E-state index is -0.396. The van der Waals surface area contributed by atoms with Crippen molar-refractivity contribution in [3.63, 3.8) is 0 Å². The van der Waals surface area contributed by atoms with E-state index >= 15 is 0 Å². The first kappa shape index (κ1) is 19.1. The summed E-state index contributed by atoms with van der Waals surface area (Å²) in [6.07, 6.45) is 2.89. The monoisotopic (exact) mass is 430 g/mol. The largest absolute Gasteiger partial charge is 0.451 e. The van der Waals surface area contributed by atoms with Crippen LogP contribution in [0.5, 0.6) is 0 Å². The first-order valence-corrected chi connectivity index (χ1v) is 10.5. The lowest BCUT2D eigenvalue weighted by atomic mass is 9.89. The van der Waals surface area contributed by atoms with Crippen LogP contribution in [0.2, 0.25) is 10.0 Å². The SMILES string of the molecule is C[C@@H]1CCc2c(sc(NC(=O)c3ccc(-c4cccc(Cl)c4Cl)o3)c2C#N)C1. The van der Waals surface area contributed by atoms with Crippen LogP contribution in [0.3, 0.4) is 0 Å². The third-order valence-corrected chi connectivity index (χ3v) is 6.89. The molecule has 0 saturated carbocycles. The number of furan rings is 1. The van der Waals surface area contributed by atoms with Crippen LogP contribution in [-0.2, 0) is 12.8 Å². The standard InChI is InChI=1S/C21H16Cl2N2O2S/c1-11-5-6-12-14(10-24)21(28-18(12)9-11)25-20(26)17-8-7-16(27-17)13-3-2-4-15(22)19(13)23/h2-4,7-8,11H,5-6,9H2,1H3,(H,25,26)/t11-/m1/s1. The van der Waals surface area contributed by atoms with Crippen LogP contribution in [-0.4, -0.2) is 5.91 Å². The molecule has 0 aliphatic heterocycles. The number of benzene rings is 1. The van der Waals surface area contributed by atoms with Crippen molar-refractivity contribution in [2.75, 3.05) is 5.32 Å². The second-order valence-electron chi connectivity index (χ2n) is 6.89. The molecule has 0 saturated heterocycles. The van der Waals surface area contributed by atoms with Crippen molar-refractivity contribution in [3.8, 4) is 17.4 Å². The molecule has 1 aliphatic rings. The molecule has 1 aliphatic carbocycles. The lowest BCUT2D eigenvalue weighted by Gasteiger charge is -2.17. The normalized spacial score (nSPS) is 15.7. The number of carbonyl (C=O) groups excluding carboxylic acids is 1. The maximum absolute atomic E-state index is 12.7. The number of fused-ring (bicyclic) bond motifs is 1. The summed E-state index contributed by atoms with van der Waals surface area (Å²) in [7, 11) is 0. The third kappa shape index (κ3) is 3.44. The maximum atomic E-state index is 12.7. The summed E-state index contributed by atoms with van der Waals surface area (Å²) in [6, 6.07) is 10.7. The van der Waals surface area contributed by atoms with Crippen molar-refractivity contribution in [2.24, 2.45) is 5.92 Å². The molecule has 0 fully saturated rings. The van der Waals surface area contributed by atoms with Crippen LogP contribution in [0, 0.1) is 17.2 Å². The van der Waals surface area contributed by atoms with Crippen molar-refractivity contribution >= 4 is 45.4 Å². The summed E-state index contributed by atoms with van der Waals surface area (Å²) >= 11 is 13.8. The van der Waals surface area contributed by atoms with E-state index in [1.54, 1.807) is 30.3 Å². The van der Waals surface area contributed by atoms with Gasteiger partial charge in [0.2, 0.25) is 0 Å². The highest BCUT2D eigenvalue weighted by atomic mass is 35.5. The quantitative estimate of drug-likeness (QED) is 0.511. The highest BCUT2D eigenvalue weighted by molar-refractivity contribution is 7.16. The minimum Gasteiger partial charge on any atom is -0.451 e. The van der Waals surface area contributed by atoms with Crippen molar-refractivity contribution in [3.05, 3.63) is 62.1 Å². The Balaban J connectivity index is 1.60. The second kappa shape index (κ2) is 7.63. The molecule has 2 heterocycles. The number of carbonyl (C=O) groups is 1. The molecule has 4 rings (SSSR count). The topological polar surface area (TPSA) is 66.0 Å². The Kier molecular flexibility index (Phi) is 5.20. The molecule has 142 valence electrons. The summed E-state index contributed by atoms with van der Waals surface area (Å²) in [4.78, 5) is 13.9. The van der Waals surface area contributed by atoms with Crippen molar-refractivity contribution in [1.29, 1.82) is 5.26 Å². The predicted octanol–water partition coefficient (Wildman–Crippen LogP) is 6.56. The van der Waals surface area contributed by atoms with E-state index in [0.29, 0.717) is 37.9 Å². The lowest BCUT2D eigenvalue weighted by Crippen LogP contribution is -2.11. The molecule has 0 bridgehead atoms. The molecule has 3 aromatic rings. The van der Waals surface area contributed by atoms with Crippen LogP contribution in [0.25, 0.3) is 11.3 Å². The number of thiophene rings is 1. The number of nitriles is 1. The van der Waals surface area contributed by atoms with Crippen LogP contribution >= 0.6 is 34.5 Å². The van der Waals surface area contributed by atoms with E-state index in [-0.39, 0.29) is 5.76 Å². The van der Waals surface area contributed by atoms with E-state index in [4.69, 9.17) is 27.6 Å². The van der Waals surface area contributed by atoms with Crippen molar-refractivity contribution in [1.82, 2.24) is 0 Å². The molecular weight excluding hydrogens is 415 g/mol. The Bertz CT molecular complexity index is 1110. The second-order valence-corrected chi connectivity index (χ2v) is 8.78. The van der Waals surface area contributed by atoms with E-state index in [0.717, 1.165) is 24.8 Å². The fourth-order valence-electron chi connectivity index (χ4n) is 3.42. The van der Waals surface area contributed by atoms with Gasteiger partial charge in [0.25, 0.3) is 5.91 Å². The number of nitrogens with one attached hydrogen (secondary N) is 1. The Labute approximate surface area is 176 Å². The van der Waals surface area contributed by atoms with Gasteiger partial charge >= 0.3 is 0 Å². The van der Waals surface area contributed by atoms with Crippen molar-refractivity contribution < 1.29 is 9.21 Å². The zero-order chi connectivity index (χ0) is 19.8. The third-order valence-electron chi connectivity index (χ3n) is 4.90. The Morgan fingerprint density at radius 3 is 2.93 bits per heavy atom. The number of anilines is 1. The van der Waals surface area contributed by atoms with Gasteiger partial charge in [0, 0.05) is 10.4 Å². The van der Waals surface area contributed by atoms with Gasteiger partial charge in [-0.25, -0.2) is 0 Å². The molecule has 7 heteroatoms. The molecule has 1 amide bonds. The van der Waals surface area contributed by atoms with Gasteiger partial charge in [-0.3, -0.25) is 4.79 Å². The average Bonchev–Trinajstić information content (AvgIpc) is 3.28. The molecule has 2 aromatic heterocycles. The van der Waals surface area contributed by atoms with Crippen molar-refractivity contribution in [2.45, 2.75) is 26.2 Å². The number of nitrogens with zero attached hydrogens (tertiary/aromatic N) is 1. The summed E-state index contributed by atoms with van der Waals surface area (Å²) in [5, 5.41) is 13.8. The highest BCUT2D eigenvalue weighted by Gasteiger charge is 2.25. The van der Waals surface area contributed by atoms with E-state index in [1.807, 2.05) is 0 Å². The molecule has 28 heavy (non-hydrogen) atoms. The smallest absolute Gasteiger partial charge is 0.292 e. The number of amides is 1. The van der Waals surface area contributed by atoms with Crippen LogP contribution in [0.1, 0.15) is 39.9 Å². The first-order valence-electron chi connectivity index (χ1n) is 8.88. The molecular formula is C21H16Cl2N2O2S. The van der Waals surface area contributed by atoms with Gasteiger partial charge in [0.1, 0.15) is 16.8 Å². The Morgan fingerprint density at radius 2 is 2.14 bits per heavy atom. The van der Waals surface area contributed by atoms with Gasteiger partial charge in [0.15, 0.2) is 5.76 Å². The Hall–Kier alpha value is -2.26. The van der Waals surface area contributed by atoms with Gasteiger partial charge < -0.3 is 9.73 Å². The van der Waals surface area contributed by atoms with E-state index in [2.05, 4.69) is 18.3 Å². The molecule has 1 aromatic carbocycles. The van der Waals surface area contributed by atoms with Gasteiger partial charge in [-0.05, 0) is 55.0 Å². The van der Waals surface area contributed by atoms with Gasteiger partial charge in [-0.1, -0.05) is 36.2 Å². The van der Waals surface area contributed by atoms with Gasteiger partial charge in [0.05, 0.1) is 15.6 Å². The fraction of sp³-hybridized carbons (Fsp3) is 0.238. The maximum Gasteiger partial charge on any atom is 0.292 e. The molecule has 1 N–H and O–H groups in total. The van der Waals surface area contributed by atoms with Gasteiger partial charge in [-0.2, -0.15) is 5.26 Å². The number of hydrogen-bond acceptors (Lipinski definition) is 4. The molecule has 4 nitrogen and oxygen atoms in total. The number of hydrogen-bond donors (Lipinski definition) is 1. The van der Waals surface area contributed by atoms with Crippen LogP contribution < -0.4 is 5.32 Å². The number of halogens is 2. The van der Waals surface area contributed by atoms with E-state index in [1.165, 1.54) is 16.2 Å². The zero-order valence-corrected chi connectivity index (χ0v) is 17.3. The first-order chi connectivity index (χ1) is 13.5. The molecule has 0 radical (unpaired) electrons. The van der Waals surface area contributed by atoms with E-state index in [9.17, 15) is 10.1 Å². The van der Waals surface area contributed by atoms with Gasteiger partial charge in [-0.15, -0.1) is 11.3 Å². The summed E-state index contributed by atoms with van der Waals surface area (Å²) in [5.74, 6) is 0.802. The lowest BCUT2D eigenvalue weighted by molar-refractivity contribution is 0.0998. The van der Waals surface area contributed by atoms with Crippen LogP contribution in [0.15, 0.2) is 34.7 Å². The average molecular weight is 431 g/mol. The highest BCUT2D eigenvalue weighted by Crippen LogP contribution is 2.39.